The van der Waals surface area contributed by atoms with Gasteiger partial charge in [-0.05, 0) is 111 Å². The Bertz CT molecular complexity index is 1600. The zero-order valence-electron chi connectivity index (χ0n) is 33.1. The van der Waals surface area contributed by atoms with Crippen LogP contribution in [0.15, 0.2) is 125 Å². The van der Waals surface area contributed by atoms with Crippen molar-refractivity contribution in [3.05, 3.63) is 147 Å². The van der Waals surface area contributed by atoms with Gasteiger partial charge in [-0.3, -0.25) is 0 Å². The summed E-state index contributed by atoms with van der Waals surface area (Å²) in [7, 11) is 0. The number of aliphatic hydroxyl groups is 4. The van der Waals surface area contributed by atoms with E-state index in [1.165, 1.54) is 39.0 Å². The van der Waals surface area contributed by atoms with E-state index in [0.717, 1.165) is 24.0 Å². The van der Waals surface area contributed by atoms with E-state index in [-0.39, 0.29) is 0 Å². The second kappa shape index (κ2) is 22.4. The first-order chi connectivity index (χ1) is 24.5. The third-order valence-electron chi connectivity index (χ3n) is 9.16. The first-order valence-corrected chi connectivity index (χ1v) is 18.3. The highest BCUT2D eigenvalue weighted by Gasteiger charge is 2.45. The lowest BCUT2D eigenvalue weighted by Gasteiger charge is -2.42. The van der Waals surface area contributed by atoms with Gasteiger partial charge in [-0.2, -0.15) is 0 Å². The van der Waals surface area contributed by atoms with E-state index < -0.39 is 42.9 Å². The van der Waals surface area contributed by atoms with Crippen LogP contribution in [0.25, 0.3) is 6.08 Å². The number of ether oxygens (including phenoxy) is 2. The molecule has 0 aliphatic carbocycles. The number of aryl methyl sites for hydroxylation is 2. The minimum atomic E-state index is -1.45. The van der Waals surface area contributed by atoms with Crippen LogP contribution in [0.3, 0.4) is 0 Å². The van der Waals surface area contributed by atoms with Crippen molar-refractivity contribution in [1.82, 2.24) is 0 Å². The zero-order valence-corrected chi connectivity index (χ0v) is 33.1. The molecule has 1 aliphatic heterocycles. The van der Waals surface area contributed by atoms with Gasteiger partial charge in [0.05, 0.1) is 12.2 Å². The minimum absolute atomic E-state index is 0.480. The largest absolute Gasteiger partial charge is 0.394 e. The summed E-state index contributed by atoms with van der Waals surface area (Å²) < 4.78 is 11.5. The predicted molar refractivity (Wildman–Crippen MR) is 218 cm³/mol. The number of aliphatic hydroxyl groups excluding tert-OH is 4. The maximum Gasteiger partial charge on any atom is 0.187 e. The summed E-state index contributed by atoms with van der Waals surface area (Å²) in [5, 5.41) is 39.7. The number of hydrogen-bond donors (Lipinski definition) is 4. The lowest BCUT2D eigenvalue weighted by Crippen LogP contribution is -2.60. The summed E-state index contributed by atoms with van der Waals surface area (Å²) in [6.45, 7) is 20.3. The van der Waals surface area contributed by atoms with Gasteiger partial charge in [-0.15, -0.1) is 0 Å². The van der Waals surface area contributed by atoms with E-state index in [2.05, 4.69) is 159 Å². The highest BCUT2D eigenvalue weighted by molar-refractivity contribution is 5.61. The maximum atomic E-state index is 10.3. The quantitative estimate of drug-likeness (QED) is 0.120. The molecule has 0 aromatic heterocycles. The van der Waals surface area contributed by atoms with E-state index in [9.17, 15) is 20.4 Å². The summed E-state index contributed by atoms with van der Waals surface area (Å²) >= 11 is 0. The second-order valence-electron chi connectivity index (χ2n) is 14.6. The molecule has 4 N–H and O–H groups in total. The first-order valence-electron chi connectivity index (χ1n) is 18.3. The van der Waals surface area contributed by atoms with Gasteiger partial charge in [0.25, 0.3) is 0 Å². The summed E-state index contributed by atoms with van der Waals surface area (Å²) in [5.41, 5.74) is 10.5. The lowest BCUT2D eigenvalue weighted by atomic mass is 9.96. The Morgan fingerprint density at radius 3 is 1.75 bits per heavy atom. The van der Waals surface area contributed by atoms with Crippen molar-refractivity contribution < 1.29 is 29.9 Å². The Morgan fingerprint density at radius 1 is 0.692 bits per heavy atom. The minimum Gasteiger partial charge on any atom is -0.394 e. The van der Waals surface area contributed by atoms with Crippen LogP contribution in [0.4, 0.5) is 0 Å². The summed E-state index contributed by atoms with van der Waals surface area (Å²) in [6, 6.07) is 4.36. The third-order valence-corrected chi connectivity index (χ3v) is 9.16. The molecule has 1 heterocycles. The molecule has 6 heteroatoms. The molecule has 1 fully saturated rings. The number of hydrogen-bond acceptors (Lipinski definition) is 6. The van der Waals surface area contributed by atoms with Gasteiger partial charge >= 0.3 is 0 Å². The Labute approximate surface area is 314 Å². The fourth-order valence-electron chi connectivity index (χ4n) is 5.56. The zero-order chi connectivity index (χ0) is 38.8. The SMILES string of the molecule is CC(/C=C/C=C(C)/C=C/C=C(\C)CCCC(C)(C)O[C@@H]1O[C@H](CO)[C@@H](O)[C@H](O)[C@H]1O)=C\C=C\C=C(C)\C=C\C=C(C)\C=C\c1c(C)ccc(C)c1C. The van der Waals surface area contributed by atoms with Crippen LogP contribution in [0.1, 0.15) is 90.0 Å². The van der Waals surface area contributed by atoms with Gasteiger partial charge in [0.15, 0.2) is 6.29 Å². The van der Waals surface area contributed by atoms with Crippen molar-refractivity contribution in [2.24, 2.45) is 0 Å². The highest BCUT2D eigenvalue weighted by atomic mass is 16.7. The molecule has 1 aliphatic rings. The molecule has 0 radical (unpaired) electrons. The Hall–Kier alpha value is -3.62. The molecule has 52 heavy (non-hydrogen) atoms. The van der Waals surface area contributed by atoms with E-state index >= 15 is 0 Å². The smallest absolute Gasteiger partial charge is 0.187 e. The molecule has 1 aromatic rings. The summed E-state index contributed by atoms with van der Waals surface area (Å²) in [4.78, 5) is 0. The van der Waals surface area contributed by atoms with Crippen molar-refractivity contribution in [3.8, 4) is 0 Å². The fraction of sp³-hybridized carbons (Fsp3) is 0.435. The van der Waals surface area contributed by atoms with Gasteiger partial charge in [0.1, 0.15) is 24.4 Å². The molecule has 6 nitrogen and oxygen atoms in total. The van der Waals surface area contributed by atoms with Crippen molar-refractivity contribution >= 4 is 6.08 Å². The average molecular weight is 713 g/mol. The number of rotatable bonds is 17. The molecule has 284 valence electrons. The van der Waals surface area contributed by atoms with Gasteiger partial charge in [0, 0.05) is 0 Å². The van der Waals surface area contributed by atoms with Crippen LogP contribution in [-0.4, -0.2) is 63.3 Å². The maximum absolute atomic E-state index is 10.3. The Balaban J connectivity index is 1.79. The van der Waals surface area contributed by atoms with Crippen LogP contribution in [0, 0.1) is 20.8 Å². The van der Waals surface area contributed by atoms with Gasteiger partial charge in [0.2, 0.25) is 0 Å². The molecule has 0 amide bonds. The molecule has 2 rings (SSSR count). The Kier molecular flexibility index (Phi) is 19.2. The first kappa shape index (κ1) is 44.5. The second-order valence-corrected chi connectivity index (χ2v) is 14.6. The van der Waals surface area contributed by atoms with Crippen molar-refractivity contribution in [2.75, 3.05) is 6.61 Å². The molecule has 0 saturated carbocycles. The van der Waals surface area contributed by atoms with E-state index in [1.54, 1.807) is 0 Å². The average Bonchev–Trinajstić information content (AvgIpc) is 3.08. The third kappa shape index (κ3) is 16.0. The summed E-state index contributed by atoms with van der Waals surface area (Å²) in [5.74, 6) is 0. The van der Waals surface area contributed by atoms with Crippen LogP contribution >= 0.6 is 0 Å². The monoisotopic (exact) mass is 712 g/mol. The summed E-state index contributed by atoms with van der Waals surface area (Å²) in [6.07, 6.45) is 27.6. The highest BCUT2D eigenvalue weighted by Crippen LogP contribution is 2.28. The predicted octanol–water partition coefficient (Wildman–Crippen LogP) is 9.35. The van der Waals surface area contributed by atoms with E-state index in [0.29, 0.717) is 6.42 Å². The van der Waals surface area contributed by atoms with Crippen LogP contribution in [-0.2, 0) is 9.47 Å². The Morgan fingerprint density at radius 2 is 1.19 bits per heavy atom. The molecule has 5 atom stereocenters. The van der Waals surface area contributed by atoms with Crippen molar-refractivity contribution in [3.63, 3.8) is 0 Å². The lowest BCUT2D eigenvalue weighted by molar-refractivity contribution is -0.323. The molecular weight excluding hydrogens is 648 g/mol. The van der Waals surface area contributed by atoms with Gasteiger partial charge < -0.3 is 29.9 Å². The van der Waals surface area contributed by atoms with E-state index in [4.69, 9.17) is 9.47 Å². The van der Waals surface area contributed by atoms with Gasteiger partial charge in [-0.1, -0.05) is 131 Å². The molecule has 1 saturated heterocycles. The van der Waals surface area contributed by atoms with Crippen LogP contribution in [0.2, 0.25) is 0 Å². The molecule has 0 spiro atoms. The van der Waals surface area contributed by atoms with Crippen molar-refractivity contribution in [1.29, 1.82) is 0 Å². The van der Waals surface area contributed by atoms with E-state index in [1.807, 2.05) is 13.8 Å². The molecule has 0 unspecified atom stereocenters. The fourth-order valence-corrected chi connectivity index (χ4v) is 5.56. The standard InChI is InChI=1S/C46H64O6/c1-32(17-11-12-18-33(2)20-15-24-36(5)26-29-40-38(7)28-27-37(6)39(40)8)19-13-21-34(3)22-14-23-35(4)25-16-30-46(9,10)52-45-44(50)43(49)42(48)41(31-47)51-45/h11-15,17-24,26-29,41-45,47-50H,16,25,30-31H2,1-10H3/b12-11+,19-13+,20-15+,22-14+,29-26+,32-17+,33-18+,34-21+,35-23+,36-24+/t41-,42-,43+,44-,45+/m1/s1. The molecule has 0 bridgehead atoms. The molecular formula is C46H64O6. The van der Waals surface area contributed by atoms with Crippen LogP contribution in [0.5, 0.6) is 0 Å². The van der Waals surface area contributed by atoms with Gasteiger partial charge in [-0.25, -0.2) is 0 Å². The molecule has 1 aromatic carbocycles. The van der Waals surface area contributed by atoms with Crippen molar-refractivity contribution in [2.45, 2.75) is 125 Å². The van der Waals surface area contributed by atoms with Crippen LogP contribution < -0.4 is 0 Å². The normalized spacial score (nSPS) is 23.5. The number of benzene rings is 1. The number of allylic oxidation sites excluding steroid dienone is 19. The topological polar surface area (TPSA) is 99.4 Å².